The summed E-state index contributed by atoms with van der Waals surface area (Å²) in [7, 11) is -2.47. The van der Waals surface area contributed by atoms with E-state index >= 15 is 0 Å². The molecule has 0 amide bonds. The van der Waals surface area contributed by atoms with Crippen molar-refractivity contribution < 1.29 is 17.9 Å². The lowest BCUT2D eigenvalue weighted by Crippen LogP contribution is -2.16. The summed E-state index contributed by atoms with van der Waals surface area (Å²) in [6.45, 7) is 4.11. The van der Waals surface area contributed by atoms with Crippen LogP contribution in [0.3, 0.4) is 0 Å². The Morgan fingerprint density at radius 1 is 1.40 bits per heavy atom. The number of sulfonamides is 1. The molecule has 0 aliphatic carbocycles. The van der Waals surface area contributed by atoms with Crippen LogP contribution < -0.4 is 4.80 Å². The molecule has 1 aromatic carbocycles. The Balaban J connectivity index is 2.23. The normalized spacial score (nSPS) is 12.4. The first-order valence-corrected chi connectivity index (χ1v) is 10.3. The zero-order chi connectivity index (χ0) is 18.0. The summed E-state index contributed by atoms with van der Waals surface area (Å²) in [5, 5.41) is 1.69. The Bertz CT molecular complexity index is 1110. The van der Waals surface area contributed by atoms with Gasteiger partial charge in [-0.2, -0.15) is 8.42 Å². The third kappa shape index (κ3) is 3.44. The smallest absolute Gasteiger partial charge is 0.337 e. The van der Waals surface area contributed by atoms with Crippen molar-refractivity contribution >= 4 is 48.9 Å². The fourth-order valence-corrected chi connectivity index (χ4v) is 5.50. The molecule has 2 heterocycles. The number of carbonyl (C=O) groups excluding carboxylic acids is 1. The van der Waals surface area contributed by atoms with Crippen molar-refractivity contribution in [2.45, 2.75) is 10.8 Å². The van der Waals surface area contributed by atoms with Crippen molar-refractivity contribution in [1.29, 1.82) is 0 Å². The number of thiophene rings is 1. The van der Waals surface area contributed by atoms with Crippen LogP contribution in [0.2, 0.25) is 0 Å². The molecule has 0 radical (unpaired) electrons. The van der Waals surface area contributed by atoms with E-state index in [2.05, 4.69) is 11.0 Å². The average molecular weight is 394 g/mol. The van der Waals surface area contributed by atoms with E-state index in [1.165, 1.54) is 24.5 Å². The number of methoxy groups -OCH3 is 1. The van der Waals surface area contributed by atoms with Gasteiger partial charge in [-0.15, -0.1) is 22.3 Å². The van der Waals surface area contributed by atoms with Crippen LogP contribution in [0.15, 0.2) is 57.0 Å². The van der Waals surface area contributed by atoms with E-state index in [-0.39, 0.29) is 4.21 Å². The Morgan fingerprint density at radius 3 is 2.84 bits per heavy atom. The Hall–Kier alpha value is -2.23. The van der Waals surface area contributed by atoms with Crippen molar-refractivity contribution in [3.63, 3.8) is 0 Å². The van der Waals surface area contributed by atoms with Crippen molar-refractivity contribution in [2.75, 3.05) is 7.11 Å². The minimum Gasteiger partial charge on any atom is -0.465 e. The van der Waals surface area contributed by atoms with Crippen LogP contribution in [0, 0.1) is 0 Å². The number of rotatable bonds is 5. The first-order valence-electron chi connectivity index (χ1n) is 7.13. The van der Waals surface area contributed by atoms with E-state index in [1.807, 2.05) is 0 Å². The first-order chi connectivity index (χ1) is 12.0. The molecule has 6 nitrogen and oxygen atoms in total. The molecule has 0 N–H and O–H groups in total. The molecule has 3 aromatic rings. The number of esters is 1. The van der Waals surface area contributed by atoms with E-state index < -0.39 is 16.0 Å². The number of fused-ring (bicyclic) bond motifs is 1. The van der Waals surface area contributed by atoms with Gasteiger partial charge in [-0.3, -0.25) is 0 Å². The van der Waals surface area contributed by atoms with Crippen LogP contribution in [0.4, 0.5) is 0 Å². The zero-order valence-electron chi connectivity index (χ0n) is 13.2. The van der Waals surface area contributed by atoms with Crippen molar-refractivity contribution in [3.8, 4) is 0 Å². The minimum absolute atomic E-state index is 0.186. The highest BCUT2D eigenvalue weighted by molar-refractivity contribution is 7.92. The van der Waals surface area contributed by atoms with E-state index in [1.54, 1.807) is 40.3 Å². The highest BCUT2D eigenvalue weighted by atomic mass is 32.2. The molecule has 0 aliphatic heterocycles. The monoisotopic (exact) mass is 394 g/mol. The molecule has 0 fully saturated rings. The summed E-state index contributed by atoms with van der Waals surface area (Å²) in [6.07, 6.45) is 1.66. The van der Waals surface area contributed by atoms with E-state index in [4.69, 9.17) is 4.74 Å². The third-order valence-electron chi connectivity index (χ3n) is 3.36. The van der Waals surface area contributed by atoms with Gasteiger partial charge in [0.1, 0.15) is 4.21 Å². The molecule has 0 saturated heterocycles. The number of nitrogens with zero attached hydrogens (tertiary/aromatic N) is 2. The largest absolute Gasteiger partial charge is 0.465 e. The number of hydrogen-bond acceptors (Lipinski definition) is 6. The van der Waals surface area contributed by atoms with Crippen LogP contribution >= 0.6 is 22.7 Å². The predicted molar refractivity (Wildman–Crippen MR) is 98.4 cm³/mol. The summed E-state index contributed by atoms with van der Waals surface area (Å²) >= 11 is 2.31. The average Bonchev–Trinajstić information content (AvgIpc) is 3.23. The second-order valence-electron chi connectivity index (χ2n) is 4.96. The minimum atomic E-state index is -3.78. The topological polar surface area (TPSA) is 77.7 Å². The lowest BCUT2D eigenvalue weighted by atomic mass is 10.2. The standard InChI is InChI=1S/C16H14N2O4S3/c1-3-8-18-12-7-6-11(15(19)22-2)10-13(12)24-16(18)17-25(20,21)14-5-4-9-23-14/h3-7,9-10H,1,8H2,2H3. The van der Waals surface area contributed by atoms with Gasteiger partial charge in [0.05, 0.1) is 22.9 Å². The van der Waals surface area contributed by atoms with Gasteiger partial charge in [0.15, 0.2) is 0 Å². The molecule has 25 heavy (non-hydrogen) atoms. The molecule has 9 heteroatoms. The van der Waals surface area contributed by atoms with Gasteiger partial charge < -0.3 is 9.30 Å². The summed E-state index contributed by atoms with van der Waals surface area (Å²) in [4.78, 5) is 12.0. The van der Waals surface area contributed by atoms with Gasteiger partial charge in [0.25, 0.3) is 10.0 Å². The van der Waals surface area contributed by atoms with Gasteiger partial charge >= 0.3 is 5.97 Å². The molecule has 130 valence electrons. The van der Waals surface area contributed by atoms with Gasteiger partial charge in [-0.1, -0.05) is 23.5 Å². The molecule has 0 saturated carbocycles. The Labute approximate surface area is 152 Å². The maximum atomic E-state index is 12.5. The van der Waals surface area contributed by atoms with Crippen molar-refractivity contribution in [1.82, 2.24) is 4.57 Å². The second kappa shape index (κ2) is 6.95. The summed E-state index contributed by atoms with van der Waals surface area (Å²) < 4.78 is 36.3. The van der Waals surface area contributed by atoms with E-state index in [9.17, 15) is 13.2 Å². The Kier molecular flexibility index (Phi) is 4.89. The van der Waals surface area contributed by atoms with Crippen LogP contribution in [-0.2, 0) is 21.3 Å². The molecule has 0 aliphatic rings. The lowest BCUT2D eigenvalue weighted by molar-refractivity contribution is 0.0601. The quantitative estimate of drug-likeness (QED) is 0.492. The number of allylic oxidation sites excluding steroid dienone is 1. The summed E-state index contributed by atoms with van der Waals surface area (Å²) in [5.74, 6) is -0.449. The van der Waals surface area contributed by atoms with Crippen LogP contribution in [-0.4, -0.2) is 26.1 Å². The molecule has 3 rings (SSSR count). The predicted octanol–water partition coefficient (Wildman–Crippen LogP) is 3.03. The molecular formula is C16H14N2O4S3. The third-order valence-corrected chi connectivity index (χ3v) is 7.16. The second-order valence-corrected chi connectivity index (χ2v) is 8.74. The van der Waals surface area contributed by atoms with Crippen LogP contribution in [0.1, 0.15) is 10.4 Å². The van der Waals surface area contributed by atoms with Crippen molar-refractivity contribution in [3.05, 3.63) is 58.7 Å². The van der Waals surface area contributed by atoms with E-state index in [0.717, 1.165) is 21.6 Å². The first kappa shape index (κ1) is 17.6. The van der Waals surface area contributed by atoms with Gasteiger partial charge in [0.2, 0.25) is 4.80 Å². The molecule has 0 unspecified atom stereocenters. The maximum Gasteiger partial charge on any atom is 0.337 e. The fourth-order valence-electron chi connectivity index (χ4n) is 2.25. The molecular weight excluding hydrogens is 380 g/mol. The molecule has 2 aromatic heterocycles. The summed E-state index contributed by atoms with van der Waals surface area (Å²) in [5.41, 5.74) is 1.17. The molecule has 0 bridgehead atoms. The molecule has 0 spiro atoms. The van der Waals surface area contributed by atoms with E-state index in [0.29, 0.717) is 16.9 Å². The number of thiazole rings is 1. The van der Waals surface area contributed by atoms with Crippen molar-refractivity contribution in [2.24, 2.45) is 4.40 Å². The Morgan fingerprint density at radius 2 is 2.20 bits per heavy atom. The summed E-state index contributed by atoms with van der Waals surface area (Å²) in [6, 6.07) is 8.24. The number of carbonyl (C=O) groups is 1. The lowest BCUT2D eigenvalue weighted by Gasteiger charge is -2.02. The van der Waals surface area contributed by atoms with Crippen LogP contribution in [0.25, 0.3) is 10.2 Å². The fraction of sp³-hybridized carbons (Fsp3) is 0.125. The SMILES string of the molecule is C=CCn1c(=NS(=O)(=O)c2cccs2)sc2cc(C(=O)OC)ccc21. The van der Waals surface area contributed by atoms with Gasteiger partial charge in [-0.25, -0.2) is 4.79 Å². The molecule has 0 atom stereocenters. The van der Waals surface area contributed by atoms with Crippen LogP contribution in [0.5, 0.6) is 0 Å². The number of hydrogen-bond donors (Lipinski definition) is 0. The highest BCUT2D eigenvalue weighted by Gasteiger charge is 2.16. The number of ether oxygens (including phenoxy) is 1. The zero-order valence-corrected chi connectivity index (χ0v) is 15.7. The van der Waals surface area contributed by atoms with Gasteiger partial charge in [-0.05, 0) is 29.6 Å². The highest BCUT2D eigenvalue weighted by Crippen LogP contribution is 2.22. The van der Waals surface area contributed by atoms with Gasteiger partial charge in [0, 0.05) is 6.54 Å². The number of benzene rings is 1. The maximum absolute atomic E-state index is 12.5. The number of aromatic nitrogens is 1.